The normalized spacial score (nSPS) is 35.4. The molecule has 0 aliphatic carbocycles. The number of hydrogen-bond donors (Lipinski definition) is 1. The van der Waals surface area contributed by atoms with Gasteiger partial charge in [0.05, 0.1) is 6.10 Å². The van der Waals surface area contributed by atoms with Crippen molar-refractivity contribution in [1.82, 2.24) is 10.2 Å². The smallest absolute Gasteiger partial charge is 0.0695 e. The molecular formula is C13H26N2O. The Morgan fingerprint density at radius 2 is 2.06 bits per heavy atom. The predicted molar refractivity (Wildman–Crippen MR) is 66.7 cm³/mol. The third-order valence-electron chi connectivity index (χ3n) is 4.48. The first-order valence-corrected chi connectivity index (χ1v) is 6.76. The second-order valence-electron chi connectivity index (χ2n) is 5.33. The molecule has 0 saturated carbocycles. The monoisotopic (exact) mass is 226 g/mol. The molecule has 0 bridgehead atoms. The molecule has 0 radical (unpaired) electrons. The van der Waals surface area contributed by atoms with Crippen molar-refractivity contribution in [3.05, 3.63) is 0 Å². The predicted octanol–water partition coefficient (Wildman–Crippen LogP) is 1.63. The zero-order valence-electron chi connectivity index (χ0n) is 10.9. The van der Waals surface area contributed by atoms with Gasteiger partial charge in [0, 0.05) is 25.2 Å². The lowest BCUT2D eigenvalue weighted by Gasteiger charge is -2.36. The number of hydrogen-bond acceptors (Lipinski definition) is 3. The summed E-state index contributed by atoms with van der Waals surface area (Å²) in [5.41, 5.74) is 0. The van der Waals surface area contributed by atoms with E-state index in [1.165, 1.54) is 38.8 Å². The fourth-order valence-corrected chi connectivity index (χ4v) is 3.26. The zero-order chi connectivity index (χ0) is 11.5. The molecule has 4 atom stereocenters. The fourth-order valence-electron chi connectivity index (χ4n) is 3.26. The molecule has 2 aliphatic heterocycles. The molecule has 1 N–H and O–H groups in total. The van der Waals surface area contributed by atoms with Crippen molar-refractivity contribution in [2.75, 3.05) is 20.2 Å². The van der Waals surface area contributed by atoms with Crippen LogP contribution in [0.5, 0.6) is 0 Å². The molecule has 0 aromatic carbocycles. The summed E-state index contributed by atoms with van der Waals surface area (Å²) in [7, 11) is 1.82. The lowest BCUT2D eigenvalue weighted by molar-refractivity contribution is 0.0224. The molecule has 2 rings (SSSR count). The van der Waals surface area contributed by atoms with Gasteiger partial charge in [0.2, 0.25) is 0 Å². The summed E-state index contributed by atoms with van der Waals surface area (Å²) < 4.78 is 5.47. The second-order valence-corrected chi connectivity index (χ2v) is 5.33. The minimum absolute atomic E-state index is 0.335. The topological polar surface area (TPSA) is 24.5 Å². The quantitative estimate of drug-likeness (QED) is 0.788. The number of ether oxygens (including phenoxy) is 1. The average Bonchev–Trinajstić information content (AvgIpc) is 2.95. The highest BCUT2D eigenvalue weighted by atomic mass is 16.5. The zero-order valence-corrected chi connectivity index (χ0v) is 10.9. The third-order valence-corrected chi connectivity index (χ3v) is 4.48. The van der Waals surface area contributed by atoms with E-state index in [1.54, 1.807) is 0 Å². The van der Waals surface area contributed by atoms with Gasteiger partial charge in [-0.15, -0.1) is 0 Å². The van der Waals surface area contributed by atoms with Crippen molar-refractivity contribution in [2.24, 2.45) is 0 Å². The van der Waals surface area contributed by atoms with Gasteiger partial charge in [0.1, 0.15) is 0 Å². The maximum Gasteiger partial charge on any atom is 0.0695 e. The maximum absolute atomic E-state index is 5.47. The van der Waals surface area contributed by atoms with E-state index >= 15 is 0 Å². The maximum atomic E-state index is 5.47. The first-order valence-electron chi connectivity index (χ1n) is 6.76. The summed E-state index contributed by atoms with van der Waals surface area (Å²) in [6.45, 7) is 6.95. The van der Waals surface area contributed by atoms with Gasteiger partial charge in [0.25, 0.3) is 0 Å². The average molecular weight is 226 g/mol. The Kier molecular flexibility index (Phi) is 4.22. The van der Waals surface area contributed by atoms with E-state index in [-0.39, 0.29) is 0 Å². The van der Waals surface area contributed by atoms with Crippen LogP contribution in [0.15, 0.2) is 0 Å². The molecule has 2 fully saturated rings. The molecule has 3 nitrogen and oxygen atoms in total. The van der Waals surface area contributed by atoms with E-state index in [2.05, 4.69) is 24.1 Å². The van der Waals surface area contributed by atoms with Crippen LogP contribution >= 0.6 is 0 Å². The highest BCUT2D eigenvalue weighted by Crippen LogP contribution is 2.27. The Bertz CT molecular complexity index is 216. The van der Waals surface area contributed by atoms with Gasteiger partial charge in [-0.05, 0) is 52.6 Å². The van der Waals surface area contributed by atoms with Crippen molar-refractivity contribution < 1.29 is 4.74 Å². The van der Waals surface area contributed by atoms with Crippen LogP contribution < -0.4 is 5.32 Å². The molecule has 0 aromatic heterocycles. The molecule has 2 saturated heterocycles. The second kappa shape index (κ2) is 5.48. The Balaban J connectivity index is 1.96. The van der Waals surface area contributed by atoms with E-state index in [9.17, 15) is 0 Å². The Labute approximate surface area is 99.5 Å². The van der Waals surface area contributed by atoms with Crippen LogP contribution in [0.2, 0.25) is 0 Å². The van der Waals surface area contributed by atoms with Crippen molar-refractivity contribution in [3.8, 4) is 0 Å². The van der Waals surface area contributed by atoms with Gasteiger partial charge in [-0.3, -0.25) is 4.90 Å². The van der Waals surface area contributed by atoms with Crippen LogP contribution in [0.1, 0.15) is 39.5 Å². The molecule has 2 aliphatic rings. The van der Waals surface area contributed by atoms with Gasteiger partial charge < -0.3 is 10.1 Å². The minimum Gasteiger partial charge on any atom is -0.380 e. The van der Waals surface area contributed by atoms with E-state index in [1.807, 2.05) is 7.11 Å². The van der Waals surface area contributed by atoms with Gasteiger partial charge in [0.15, 0.2) is 0 Å². The highest BCUT2D eigenvalue weighted by molar-refractivity contribution is 4.94. The van der Waals surface area contributed by atoms with Crippen molar-refractivity contribution in [2.45, 2.75) is 63.8 Å². The van der Waals surface area contributed by atoms with E-state index in [0.717, 1.165) is 12.1 Å². The van der Waals surface area contributed by atoms with Crippen LogP contribution in [0.4, 0.5) is 0 Å². The first kappa shape index (κ1) is 12.3. The van der Waals surface area contributed by atoms with Gasteiger partial charge in [-0.2, -0.15) is 0 Å². The van der Waals surface area contributed by atoms with Crippen molar-refractivity contribution >= 4 is 0 Å². The van der Waals surface area contributed by atoms with E-state index < -0.39 is 0 Å². The lowest BCUT2D eigenvalue weighted by Crippen LogP contribution is -2.50. The van der Waals surface area contributed by atoms with Crippen molar-refractivity contribution in [3.63, 3.8) is 0 Å². The number of methoxy groups -OCH3 is 1. The summed E-state index contributed by atoms with van der Waals surface area (Å²) in [4.78, 5) is 2.66. The largest absolute Gasteiger partial charge is 0.380 e. The number of rotatable bonds is 4. The summed E-state index contributed by atoms with van der Waals surface area (Å²) in [6.07, 6.45) is 5.75. The molecule has 16 heavy (non-hydrogen) atoms. The molecule has 3 heteroatoms. The molecule has 0 spiro atoms. The Morgan fingerprint density at radius 1 is 1.25 bits per heavy atom. The fraction of sp³-hybridized carbons (Fsp3) is 1.00. The number of nitrogens with one attached hydrogen (secondary N) is 1. The molecule has 2 heterocycles. The first-order chi connectivity index (χ1) is 7.74. The van der Waals surface area contributed by atoms with Crippen molar-refractivity contribution in [1.29, 1.82) is 0 Å². The molecular weight excluding hydrogens is 200 g/mol. The Hall–Kier alpha value is -0.120. The SMILES string of the molecule is COC(C)C(C)N1CCCC1C1CCCN1. The van der Waals surface area contributed by atoms with Crippen LogP contribution in [0, 0.1) is 0 Å². The lowest BCUT2D eigenvalue weighted by atomic mass is 10.0. The molecule has 94 valence electrons. The standard InChI is InChI=1S/C13H26N2O/c1-10(11(2)16-3)15-9-5-7-13(15)12-6-4-8-14-12/h10-14H,4-9H2,1-3H3. The minimum atomic E-state index is 0.335. The summed E-state index contributed by atoms with van der Waals surface area (Å²) in [5, 5.41) is 3.66. The molecule has 0 aromatic rings. The molecule has 0 amide bonds. The van der Waals surface area contributed by atoms with Crippen LogP contribution in [-0.2, 0) is 4.74 Å². The van der Waals surface area contributed by atoms with Crippen LogP contribution in [-0.4, -0.2) is 49.3 Å². The Morgan fingerprint density at radius 3 is 2.69 bits per heavy atom. The van der Waals surface area contributed by atoms with E-state index in [0.29, 0.717) is 12.1 Å². The molecule has 4 unspecified atom stereocenters. The third kappa shape index (κ3) is 2.41. The van der Waals surface area contributed by atoms with Crippen LogP contribution in [0.3, 0.4) is 0 Å². The van der Waals surface area contributed by atoms with Crippen LogP contribution in [0.25, 0.3) is 0 Å². The highest BCUT2D eigenvalue weighted by Gasteiger charge is 2.36. The van der Waals surface area contributed by atoms with Gasteiger partial charge in [-0.1, -0.05) is 0 Å². The van der Waals surface area contributed by atoms with Gasteiger partial charge >= 0.3 is 0 Å². The summed E-state index contributed by atoms with van der Waals surface area (Å²) in [6, 6.07) is 2.02. The number of likely N-dealkylation sites (tertiary alicyclic amines) is 1. The summed E-state index contributed by atoms with van der Waals surface area (Å²) >= 11 is 0. The number of nitrogens with zero attached hydrogens (tertiary/aromatic N) is 1. The van der Waals surface area contributed by atoms with E-state index in [4.69, 9.17) is 4.74 Å². The summed E-state index contributed by atoms with van der Waals surface area (Å²) in [5.74, 6) is 0. The van der Waals surface area contributed by atoms with Gasteiger partial charge in [-0.25, -0.2) is 0 Å².